The highest BCUT2D eigenvalue weighted by atomic mass is 32.2. The molecule has 2 aliphatic heterocycles. The van der Waals surface area contributed by atoms with Gasteiger partial charge >= 0.3 is 0 Å². The third-order valence-electron chi connectivity index (χ3n) is 1.96. The summed E-state index contributed by atoms with van der Waals surface area (Å²) in [6.07, 6.45) is 4.45. The molecule has 0 aliphatic carbocycles. The summed E-state index contributed by atoms with van der Waals surface area (Å²) in [6, 6.07) is 0. The third kappa shape index (κ3) is 1.09. The first-order chi connectivity index (χ1) is 5.83. The van der Waals surface area contributed by atoms with E-state index in [4.69, 9.17) is 4.84 Å². The van der Waals surface area contributed by atoms with Crippen LogP contribution in [-0.2, 0) is 20.3 Å². The van der Waals surface area contributed by atoms with Gasteiger partial charge in [0.05, 0.1) is 13.5 Å². The second-order valence-corrected chi connectivity index (χ2v) is 4.50. The van der Waals surface area contributed by atoms with Crippen LogP contribution in [0, 0.1) is 0 Å². The first-order valence-electron chi connectivity index (χ1n) is 3.75. The van der Waals surface area contributed by atoms with Crippen molar-refractivity contribution in [2.24, 2.45) is 4.53 Å². The maximum Gasteiger partial charge on any atom is 0.230 e. The number of β-lactam (4-membered cyclic amide) rings is 1. The summed E-state index contributed by atoms with van der Waals surface area (Å²) >= 11 is 0. The zero-order valence-corrected chi connectivity index (χ0v) is 7.58. The molecule has 1 fully saturated rings. The predicted octanol–water partition coefficient (Wildman–Crippen LogP) is 0.435. The highest BCUT2D eigenvalue weighted by molar-refractivity contribution is 7.88. The minimum atomic E-state index is -0.132. The zero-order chi connectivity index (χ0) is 8.55. The quantitative estimate of drug-likeness (QED) is 0.440. The van der Waals surface area contributed by atoms with Gasteiger partial charge in [0.2, 0.25) is 5.91 Å². The molecule has 0 bridgehead atoms. The molecule has 4 nitrogen and oxygen atoms in total. The van der Waals surface area contributed by atoms with Crippen molar-refractivity contribution < 1.29 is 9.63 Å². The lowest BCUT2D eigenvalue weighted by Crippen LogP contribution is -2.53. The first kappa shape index (κ1) is 7.94. The summed E-state index contributed by atoms with van der Waals surface area (Å²) < 4.78 is 3.98. The molecule has 2 heterocycles. The lowest BCUT2D eigenvalue weighted by molar-refractivity contribution is -0.137. The molecule has 1 saturated heterocycles. The van der Waals surface area contributed by atoms with Gasteiger partial charge < -0.3 is 4.90 Å². The molecule has 0 saturated carbocycles. The van der Waals surface area contributed by atoms with Crippen LogP contribution in [0.25, 0.3) is 0 Å². The van der Waals surface area contributed by atoms with Gasteiger partial charge in [-0.1, -0.05) is 6.08 Å². The van der Waals surface area contributed by atoms with E-state index in [0.717, 1.165) is 5.75 Å². The van der Waals surface area contributed by atoms with Crippen molar-refractivity contribution in [1.82, 2.24) is 4.90 Å². The summed E-state index contributed by atoms with van der Waals surface area (Å²) in [5, 5.41) is 0.280. The van der Waals surface area contributed by atoms with Gasteiger partial charge in [0.15, 0.2) is 0 Å². The first-order valence-corrected chi connectivity index (χ1v) is 5.16. The van der Waals surface area contributed by atoms with Gasteiger partial charge in [0, 0.05) is 12.0 Å². The van der Waals surface area contributed by atoms with Crippen molar-refractivity contribution in [3.05, 3.63) is 12.3 Å². The van der Waals surface area contributed by atoms with E-state index in [1.807, 2.05) is 12.3 Å². The molecule has 1 amide bonds. The molecular weight excluding hydrogens is 176 g/mol. The Morgan fingerprint density at radius 3 is 3.33 bits per heavy atom. The molecule has 0 spiro atoms. The molecule has 0 aromatic rings. The van der Waals surface area contributed by atoms with Crippen LogP contribution in [0.4, 0.5) is 0 Å². The zero-order valence-electron chi connectivity index (χ0n) is 6.77. The molecule has 2 unspecified atom stereocenters. The van der Waals surface area contributed by atoms with Gasteiger partial charge in [-0.05, 0) is 10.7 Å². The standard InChI is InChI=1S/C7H10N2O2S/c1-11-8-12-4-2-3-9-6(10)5-7(9)12/h2-3,7H,4-5H2,1H3. The second kappa shape index (κ2) is 2.99. The Bertz CT molecular complexity index is 275. The molecule has 0 radical (unpaired) electrons. The van der Waals surface area contributed by atoms with Crippen LogP contribution >= 0.6 is 0 Å². The number of hydrogen-bond donors (Lipinski definition) is 0. The molecule has 0 aromatic carbocycles. The number of rotatable bonds is 1. The summed E-state index contributed by atoms with van der Waals surface area (Å²) in [4.78, 5) is 17.5. The molecule has 2 aliphatic rings. The highest BCUT2D eigenvalue weighted by Gasteiger charge is 2.39. The molecule has 2 rings (SSSR count). The molecule has 66 valence electrons. The number of carbonyl (C=O) groups excluding carboxylic acids is 1. The van der Waals surface area contributed by atoms with E-state index in [1.165, 1.54) is 0 Å². The van der Waals surface area contributed by atoms with Crippen molar-refractivity contribution in [2.45, 2.75) is 11.8 Å². The maximum atomic E-state index is 11.0. The summed E-state index contributed by atoms with van der Waals surface area (Å²) in [5.41, 5.74) is 0. The molecule has 12 heavy (non-hydrogen) atoms. The number of hydrogen-bond acceptors (Lipinski definition) is 3. The fourth-order valence-electron chi connectivity index (χ4n) is 1.35. The molecular formula is C7H10N2O2S. The molecule has 0 aromatic heterocycles. The fourth-order valence-corrected chi connectivity index (χ4v) is 2.99. The average Bonchev–Trinajstić information content (AvgIpc) is 2.06. The lowest BCUT2D eigenvalue weighted by atomic mass is 10.2. The van der Waals surface area contributed by atoms with E-state index >= 15 is 0 Å². The van der Waals surface area contributed by atoms with Gasteiger partial charge in [-0.15, -0.1) is 4.53 Å². The van der Waals surface area contributed by atoms with Gasteiger partial charge in [-0.25, -0.2) is 4.84 Å². The van der Waals surface area contributed by atoms with Crippen molar-refractivity contribution in [2.75, 3.05) is 12.9 Å². The smallest absolute Gasteiger partial charge is 0.230 e. The fraction of sp³-hybridized carbons (Fsp3) is 0.571. The van der Waals surface area contributed by atoms with Gasteiger partial charge in [-0.2, -0.15) is 0 Å². The van der Waals surface area contributed by atoms with Crippen LogP contribution < -0.4 is 0 Å². The topological polar surface area (TPSA) is 41.9 Å². The summed E-state index contributed by atoms with van der Waals surface area (Å²) in [7, 11) is 1.42. The number of nitrogens with zero attached hydrogens (tertiary/aromatic N) is 2. The van der Waals surface area contributed by atoms with Crippen molar-refractivity contribution in [3.8, 4) is 0 Å². The summed E-state index contributed by atoms with van der Waals surface area (Å²) in [5.74, 6) is 1.10. The Kier molecular flexibility index (Phi) is 1.98. The normalized spacial score (nSPS) is 33.4. The molecule has 2 atom stereocenters. The minimum Gasteiger partial charge on any atom is -0.305 e. The minimum absolute atomic E-state index is 0.132. The van der Waals surface area contributed by atoms with Crippen molar-refractivity contribution in [1.29, 1.82) is 0 Å². The van der Waals surface area contributed by atoms with E-state index in [0.29, 0.717) is 6.42 Å². The van der Waals surface area contributed by atoms with E-state index in [2.05, 4.69) is 4.53 Å². The number of carbonyl (C=O) groups is 1. The van der Waals surface area contributed by atoms with E-state index in [9.17, 15) is 4.79 Å². The SMILES string of the molecule is CO/N=S1\CC=CN2C(=O)CC21. The second-order valence-electron chi connectivity index (χ2n) is 2.67. The van der Waals surface area contributed by atoms with E-state index in [-0.39, 0.29) is 22.0 Å². The number of fused-ring (bicyclic) bond motifs is 1. The molecule has 5 heteroatoms. The van der Waals surface area contributed by atoms with Crippen molar-refractivity contribution >= 4 is 16.6 Å². The Hall–Kier alpha value is -0.680. The predicted molar refractivity (Wildman–Crippen MR) is 46.1 cm³/mol. The Labute approximate surface area is 73.2 Å². The lowest BCUT2D eigenvalue weighted by Gasteiger charge is -2.40. The van der Waals surface area contributed by atoms with Gasteiger partial charge in [0.25, 0.3) is 0 Å². The van der Waals surface area contributed by atoms with E-state index in [1.54, 1.807) is 12.0 Å². The molecule has 0 N–H and O–H groups in total. The Morgan fingerprint density at radius 2 is 2.67 bits per heavy atom. The highest BCUT2D eigenvalue weighted by Crippen LogP contribution is 2.27. The van der Waals surface area contributed by atoms with Crippen LogP contribution in [-0.4, -0.2) is 29.0 Å². The third-order valence-corrected chi connectivity index (χ3v) is 3.86. The van der Waals surface area contributed by atoms with Crippen molar-refractivity contribution in [3.63, 3.8) is 0 Å². The Morgan fingerprint density at radius 1 is 1.83 bits per heavy atom. The largest absolute Gasteiger partial charge is 0.305 e. The van der Waals surface area contributed by atoms with Crippen LogP contribution in [0.5, 0.6) is 0 Å². The van der Waals surface area contributed by atoms with Gasteiger partial charge in [0.1, 0.15) is 5.37 Å². The Balaban J connectivity index is 2.17. The van der Waals surface area contributed by atoms with Crippen LogP contribution in [0.1, 0.15) is 6.42 Å². The van der Waals surface area contributed by atoms with E-state index < -0.39 is 0 Å². The number of amides is 1. The van der Waals surface area contributed by atoms with Crippen LogP contribution in [0.2, 0.25) is 0 Å². The van der Waals surface area contributed by atoms with Crippen LogP contribution in [0.15, 0.2) is 16.8 Å². The summed E-state index contributed by atoms with van der Waals surface area (Å²) in [6.45, 7) is 0. The monoisotopic (exact) mass is 186 g/mol. The maximum absolute atomic E-state index is 11.0. The van der Waals surface area contributed by atoms with Gasteiger partial charge in [-0.3, -0.25) is 4.79 Å². The average molecular weight is 186 g/mol. The van der Waals surface area contributed by atoms with Crippen LogP contribution in [0.3, 0.4) is 0 Å².